The molecule has 0 aliphatic carbocycles. The highest BCUT2D eigenvalue weighted by Gasteiger charge is 2.25. The minimum absolute atomic E-state index is 0.0250. The van der Waals surface area contributed by atoms with Crippen LogP contribution < -0.4 is 0 Å². The van der Waals surface area contributed by atoms with E-state index in [1.807, 2.05) is 0 Å². The van der Waals surface area contributed by atoms with Crippen LogP contribution in [0.25, 0.3) is 0 Å². The average molecular weight is 188 g/mol. The summed E-state index contributed by atoms with van der Waals surface area (Å²) in [6.45, 7) is 3.36. The molecular formula is C8H12O5. The Morgan fingerprint density at radius 1 is 1.69 bits per heavy atom. The van der Waals surface area contributed by atoms with Crippen LogP contribution in [0, 0.1) is 5.92 Å². The number of hydrogen-bond donors (Lipinski definition) is 0. The van der Waals surface area contributed by atoms with Crippen LogP contribution in [0.5, 0.6) is 0 Å². The second-order valence-electron chi connectivity index (χ2n) is 3.02. The van der Waals surface area contributed by atoms with E-state index in [-0.39, 0.29) is 25.1 Å². The molecule has 5 heteroatoms. The van der Waals surface area contributed by atoms with Gasteiger partial charge in [-0.3, -0.25) is 4.79 Å². The first kappa shape index (κ1) is 9.98. The van der Waals surface area contributed by atoms with E-state index in [4.69, 9.17) is 9.47 Å². The van der Waals surface area contributed by atoms with Gasteiger partial charge < -0.3 is 14.2 Å². The van der Waals surface area contributed by atoms with Crippen LogP contribution in [-0.4, -0.2) is 31.4 Å². The van der Waals surface area contributed by atoms with Gasteiger partial charge in [-0.15, -0.1) is 0 Å². The van der Waals surface area contributed by atoms with E-state index in [2.05, 4.69) is 4.74 Å². The van der Waals surface area contributed by atoms with Crippen molar-refractivity contribution in [3.8, 4) is 0 Å². The Labute approximate surface area is 76.0 Å². The highest BCUT2D eigenvalue weighted by atomic mass is 16.8. The Hall–Kier alpha value is -1.10. The highest BCUT2D eigenvalue weighted by Crippen LogP contribution is 2.06. The van der Waals surface area contributed by atoms with E-state index >= 15 is 0 Å². The standard InChI is InChI=1S/C8H12O5/c1-5(2)8(10)12-4-7-11-3-6(9)13-7/h5,7H,3-4H2,1-2H3/t7-/m1/s1. The number of rotatable bonds is 3. The minimum Gasteiger partial charge on any atom is -0.459 e. The molecule has 0 unspecified atom stereocenters. The normalized spacial score (nSPS) is 21.8. The molecule has 5 nitrogen and oxygen atoms in total. The maximum atomic E-state index is 11.0. The van der Waals surface area contributed by atoms with Crippen LogP contribution in [0.1, 0.15) is 13.8 Å². The van der Waals surface area contributed by atoms with Gasteiger partial charge in [0.05, 0.1) is 5.92 Å². The quantitative estimate of drug-likeness (QED) is 0.587. The van der Waals surface area contributed by atoms with Gasteiger partial charge in [0.15, 0.2) is 6.61 Å². The van der Waals surface area contributed by atoms with E-state index in [0.29, 0.717) is 0 Å². The summed E-state index contributed by atoms with van der Waals surface area (Å²) in [6, 6.07) is 0. The smallest absolute Gasteiger partial charge is 0.334 e. The molecule has 1 atom stereocenters. The number of hydrogen-bond acceptors (Lipinski definition) is 5. The molecule has 1 saturated heterocycles. The third-order valence-electron chi connectivity index (χ3n) is 1.48. The van der Waals surface area contributed by atoms with Crippen LogP contribution in [0.4, 0.5) is 0 Å². The van der Waals surface area contributed by atoms with E-state index in [1.165, 1.54) is 0 Å². The van der Waals surface area contributed by atoms with Gasteiger partial charge in [-0.25, -0.2) is 4.79 Å². The van der Waals surface area contributed by atoms with Gasteiger partial charge in [0.1, 0.15) is 6.61 Å². The summed E-state index contributed by atoms with van der Waals surface area (Å²) in [5.74, 6) is -0.936. The van der Waals surface area contributed by atoms with Crippen molar-refractivity contribution in [2.45, 2.75) is 20.1 Å². The maximum Gasteiger partial charge on any atom is 0.334 e. The van der Waals surface area contributed by atoms with E-state index in [1.54, 1.807) is 13.8 Å². The molecule has 74 valence electrons. The van der Waals surface area contributed by atoms with Gasteiger partial charge in [0.2, 0.25) is 6.29 Å². The zero-order chi connectivity index (χ0) is 9.84. The summed E-state index contributed by atoms with van der Waals surface area (Å²) in [7, 11) is 0. The lowest BCUT2D eigenvalue weighted by atomic mass is 10.2. The predicted octanol–water partition coefficient (Wildman–Crippen LogP) is 0.0851. The first-order valence-corrected chi connectivity index (χ1v) is 4.07. The van der Waals surface area contributed by atoms with Crippen LogP contribution in [0.3, 0.4) is 0 Å². The van der Waals surface area contributed by atoms with Gasteiger partial charge in [-0.2, -0.15) is 0 Å². The summed E-state index contributed by atoms with van der Waals surface area (Å²) in [4.78, 5) is 21.5. The van der Waals surface area contributed by atoms with Crippen LogP contribution >= 0.6 is 0 Å². The fourth-order valence-corrected chi connectivity index (χ4v) is 0.775. The molecule has 0 aromatic rings. The molecule has 1 aliphatic heterocycles. The number of cyclic esters (lactones) is 1. The first-order chi connectivity index (χ1) is 6.09. The van der Waals surface area contributed by atoms with Crippen molar-refractivity contribution in [1.29, 1.82) is 0 Å². The predicted molar refractivity (Wildman–Crippen MR) is 41.6 cm³/mol. The first-order valence-electron chi connectivity index (χ1n) is 4.07. The summed E-state index contributed by atoms with van der Waals surface area (Å²) in [5.41, 5.74) is 0. The van der Waals surface area contributed by atoms with E-state index < -0.39 is 12.3 Å². The van der Waals surface area contributed by atoms with Crippen molar-refractivity contribution in [1.82, 2.24) is 0 Å². The molecule has 1 aliphatic rings. The summed E-state index contributed by atoms with van der Waals surface area (Å²) >= 11 is 0. The molecule has 0 spiro atoms. The van der Waals surface area contributed by atoms with Crippen LogP contribution in [-0.2, 0) is 23.8 Å². The van der Waals surface area contributed by atoms with Crippen molar-refractivity contribution in [2.75, 3.05) is 13.2 Å². The molecule has 0 aromatic heterocycles. The van der Waals surface area contributed by atoms with Crippen LogP contribution in [0.15, 0.2) is 0 Å². The van der Waals surface area contributed by atoms with Gasteiger partial charge >= 0.3 is 11.9 Å². The topological polar surface area (TPSA) is 61.8 Å². The average Bonchev–Trinajstić information content (AvgIpc) is 2.47. The number of carbonyl (C=O) groups excluding carboxylic acids is 2. The third kappa shape index (κ3) is 3.02. The van der Waals surface area contributed by atoms with Crippen molar-refractivity contribution >= 4 is 11.9 Å². The SMILES string of the molecule is CC(C)C(=O)OC[C@@H]1OCC(=O)O1. The second kappa shape index (κ2) is 4.23. The monoisotopic (exact) mass is 188 g/mol. The van der Waals surface area contributed by atoms with Crippen molar-refractivity contribution in [3.05, 3.63) is 0 Å². The van der Waals surface area contributed by atoms with Crippen molar-refractivity contribution < 1.29 is 23.8 Å². The molecule has 1 fully saturated rings. The number of ether oxygens (including phenoxy) is 3. The Balaban J connectivity index is 2.19. The molecule has 0 radical (unpaired) electrons. The van der Waals surface area contributed by atoms with Gasteiger partial charge in [0, 0.05) is 0 Å². The number of esters is 2. The fraction of sp³-hybridized carbons (Fsp3) is 0.750. The number of carbonyl (C=O) groups is 2. The summed E-state index contributed by atoms with van der Waals surface area (Å²) in [5, 5.41) is 0. The van der Waals surface area contributed by atoms with E-state index in [0.717, 1.165) is 0 Å². The maximum absolute atomic E-state index is 11.0. The van der Waals surface area contributed by atoms with E-state index in [9.17, 15) is 9.59 Å². The molecular weight excluding hydrogens is 176 g/mol. The molecule has 1 rings (SSSR count). The molecule has 0 aromatic carbocycles. The second-order valence-corrected chi connectivity index (χ2v) is 3.02. The van der Waals surface area contributed by atoms with Gasteiger partial charge in [0.25, 0.3) is 0 Å². The molecule has 0 bridgehead atoms. The lowest BCUT2D eigenvalue weighted by Gasteiger charge is -2.10. The lowest BCUT2D eigenvalue weighted by Crippen LogP contribution is -2.22. The molecule has 13 heavy (non-hydrogen) atoms. The molecule has 0 amide bonds. The Morgan fingerprint density at radius 3 is 2.85 bits per heavy atom. The molecule has 0 N–H and O–H groups in total. The van der Waals surface area contributed by atoms with Crippen molar-refractivity contribution in [3.63, 3.8) is 0 Å². The largest absolute Gasteiger partial charge is 0.459 e. The lowest BCUT2D eigenvalue weighted by molar-refractivity contribution is -0.164. The Bertz CT molecular complexity index is 211. The fourth-order valence-electron chi connectivity index (χ4n) is 0.775. The molecule has 1 heterocycles. The van der Waals surface area contributed by atoms with Crippen molar-refractivity contribution in [2.24, 2.45) is 5.92 Å². The van der Waals surface area contributed by atoms with Gasteiger partial charge in [-0.1, -0.05) is 13.8 Å². The zero-order valence-electron chi connectivity index (χ0n) is 7.61. The van der Waals surface area contributed by atoms with Crippen LogP contribution in [0.2, 0.25) is 0 Å². The highest BCUT2D eigenvalue weighted by molar-refractivity contribution is 5.72. The van der Waals surface area contributed by atoms with Gasteiger partial charge in [-0.05, 0) is 0 Å². The third-order valence-corrected chi connectivity index (χ3v) is 1.48. The zero-order valence-corrected chi connectivity index (χ0v) is 7.61. The Morgan fingerprint density at radius 2 is 2.38 bits per heavy atom. The Kier molecular flexibility index (Phi) is 3.25. The molecule has 0 saturated carbocycles. The summed E-state index contributed by atoms with van der Waals surface area (Å²) < 4.78 is 14.3. The summed E-state index contributed by atoms with van der Waals surface area (Å²) in [6.07, 6.45) is -0.727. The minimum atomic E-state index is -0.727.